The molecule has 5 nitrogen and oxygen atoms in total. The first-order chi connectivity index (χ1) is 12.0. The van der Waals surface area contributed by atoms with E-state index < -0.39 is 15.8 Å². The summed E-state index contributed by atoms with van der Waals surface area (Å²) in [6.07, 6.45) is 1.35. The van der Waals surface area contributed by atoms with Gasteiger partial charge in [-0.1, -0.05) is 55.8 Å². The van der Waals surface area contributed by atoms with E-state index in [9.17, 15) is 18.3 Å². The number of hydrogen-bond acceptors (Lipinski definition) is 4. The summed E-state index contributed by atoms with van der Waals surface area (Å²) in [4.78, 5) is 13.0. The molecule has 25 heavy (non-hydrogen) atoms. The van der Waals surface area contributed by atoms with Crippen LogP contribution in [0.25, 0.3) is 5.76 Å². The quantitative estimate of drug-likeness (QED) is 0.670. The van der Waals surface area contributed by atoms with Crippen molar-refractivity contribution in [2.75, 3.05) is 6.54 Å². The number of ketones is 1. The summed E-state index contributed by atoms with van der Waals surface area (Å²) in [7, 11) is -3.90. The Balaban J connectivity index is 2.27. The maximum atomic E-state index is 13.0. The molecule has 1 aliphatic heterocycles. The van der Waals surface area contributed by atoms with Crippen LogP contribution < -0.4 is 0 Å². The molecule has 0 aliphatic carbocycles. The van der Waals surface area contributed by atoms with Crippen LogP contribution in [0.2, 0.25) is 0 Å². The summed E-state index contributed by atoms with van der Waals surface area (Å²) >= 11 is 0. The number of nitrogens with zero attached hydrogens (tertiary/aromatic N) is 1. The first-order valence-corrected chi connectivity index (χ1v) is 9.57. The SMILES string of the molecule is CCCCN1/C(=C(/O)c2ccccc2)C(=O)c2ccccc2S1(=O)=O. The van der Waals surface area contributed by atoms with Gasteiger partial charge in [0, 0.05) is 17.7 Å². The number of unbranched alkanes of at least 4 members (excludes halogenated alkanes) is 1. The van der Waals surface area contributed by atoms with Crippen LogP contribution in [0.5, 0.6) is 0 Å². The van der Waals surface area contributed by atoms with Gasteiger partial charge in [0.1, 0.15) is 5.70 Å². The van der Waals surface area contributed by atoms with Crippen molar-refractivity contribution < 1.29 is 18.3 Å². The van der Waals surface area contributed by atoms with E-state index in [1.54, 1.807) is 42.5 Å². The summed E-state index contributed by atoms with van der Waals surface area (Å²) in [5.41, 5.74) is 0.313. The molecule has 0 amide bonds. The first-order valence-electron chi connectivity index (χ1n) is 8.13. The van der Waals surface area contributed by atoms with Crippen LogP contribution in [-0.4, -0.2) is 30.2 Å². The van der Waals surface area contributed by atoms with Crippen molar-refractivity contribution in [1.82, 2.24) is 4.31 Å². The van der Waals surface area contributed by atoms with E-state index in [2.05, 4.69) is 0 Å². The van der Waals surface area contributed by atoms with Crippen LogP contribution in [-0.2, 0) is 10.0 Å². The van der Waals surface area contributed by atoms with Crippen molar-refractivity contribution in [1.29, 1.82) is 0 Å². The largest absolute Gasteiger partial charge is 0.505 e. The molecule has 2 aromatic carbocycles. The average Bonchev–Trinajstić information content (AvgIpc) is 2.64. The first kappa shape index (κ1) is 17.2. The standard InChI is InChI=1S/C19H19NO4S/c1-2-3-13-20-17(18(21)14-9-5-4-6-10-14)19(22)15-11-7-8-12-16(15)25(20,23)24/h4-12,21H,2-3,13H2,1H3/b18-17+. The molecule has 1 N–H and O–H groups in total. The minimum absolute atomic E-state index is 0.0132. The van der Waals surface area contributed by atoms with Gasteiger partial charge in [0.15, 0.2) is 5.76 Å². The maximum absolute atomic E-state index is 13.0. The number of aliphatic hydroxyl groups is 1. The number of Topliss-reactive ketones (excluding diaryl/α,β-unsaturated/α-hetero) is 1. The van der Waals surface area contributed by atoms with Crippen molar-refractivity contribution in [3.8, 4) is 0 Å². The van der Waals surface area contributed by atoms with E-state index in [-0.39, 0.29) is 28.5 Å². The molecule has 0 unspecified atom stereocenters. The highest BCUT2D eigenvalue weighted by atomic mass is 32.2. The van der Waals surface area contributed by atoms with Gasteiger partial charge >= 0.3 is 0 Å². The van der Waals surface area contributed by atoms with E-state index >= 15 is 0 Å². The van der Waals surface area contributed by atoms with E-state index in [0.717, 1.165) is 10.7 Å². The molecular formula is C19H19NO4S. The fourth-order valence-electron chi connectivity index (χ4n) is 2.85. The number of aliphatic hydroxyl groups excluding tert-OH is 1. The lowest BCUT2D eigenvalue weighted by atomic mass is 10.0. The topological polar surface area (TPSA) is 74.7 Å². The van der Waals surface area contributed by atoms with Crippen LogP contribution in [0.1, 0.15) is 35.7 Å². The Morgan fingerprint density at radius 2 is 1.68 bits per heavy atom. The third-order valence-electron chi connectivity index (χ3n) is 4.15. The minimum atomic E-state index is -3.90. The van der Waals surface area contributed by atoms with Gasteiger partial charge in [0.25, 0.3) is 10.0 Å². The second-order valence-corrected chi connectivity index (χ2v) is 7.65. The van der Waals surface area contributed by atoms with Gasteiger partial charge in [0.05, 0.1) is 4.90 Å². The molecular weight excluding hydrogens is 338 g/mol. The van der Waals surface area contributed by atoms with Crippen molar-refractivity contribution in [2.45, 2.75) is 24.7 Å². The third-order valence-corrected chi connectivity index (χ3v) is 6.01. The van der Waals surface area contributed by atoms with E-state index in [1.165, 1.54) is 12.1 Å². The molecule has 130 valence electrons. The molecule has 2 aromatic rings. The lowest BCUT2D eigenvalue weighted by Gasteiger charge is -2.31. The van der Waals surface area contributed by atoms with Crippen LogP contribution in [0, 0.1) is 0 Å². The van der Waals surface area contributed by atoms with E-state index in [1.807, 2.05) is 6.92 Å². The molecule has 0 spiro atoms. The third kappa shape index (κ3) is 2.93. The monoisotopic (exact) mass is 357 g/mol. The second-order valence-electron chi connectivity index (χ2n) is 5.82. The van der Waals surface area contributed by atoms with Crippen LogP contribution >= 0.6 is 0 Å². The van der Waals surface area contributed by atoms with Crippen molar-refractivity contribution in [3.63, 3.8) is 0 Å². The molecule has 0 saturated carbocycles. The van der Waals surface area contributed by atoms with Gasteiger partial charge < -0.3 is 5.11 Å². The Bertz CT molecular complexity index is 933. The van der Waals surface area contributed by atoms with Gasteiger partial charge in [-0.2, -0.15) is 0 Å². The fraction of sp³-hybridized carbons (Fsp3) is 0.211. The zero-order valence-corrected chi connectivity index (χ0v) is 14.7. The number of benzene rings is 2. The predicted octanol–water partition coefficient (Wildman–Crippen LogP) is 3.60. The number of rotatable bonds is 4. The Labute approximate surface area is 147 Å². The number of carbonyl (C=O) groups is 1. The van der Waals surface area contributed by atoms with Gasteiger partial charge in [-0.3, -0.25) is 9.10 Å². The normalized spacial score (nSPS) is 18.0. The molecule has 0 atom stereocenters. The van der Waals surface area contributed by atoms with Gasteiger partial charge in [-0.25, -0.2) is 8.42 Å². The highest BCUT2D eigenvalue weighted by Gasteiger charge is 2.41. The smallest absolute Gasteiger partial charge is 0.265 e. The number of carbonyl (C=O) groups excluding carboxylic acids is 1. The second kappa shape index (κ2) is 6.72. The number of fused-ring (bicyclic) bond motifs is 1. The Morgan fingerprint density at radius 1 is 1.04 bits per heavy atom. The summed E-state index contributed by atoms with van der Waals surface area (Å²) in [5, 5.41) is 10.7. The summed E-state index contributed by atoms with van der Waals surface area (Å²) in [5.74, 6) is -0.803. The zero-order valence-electron chi connectivity index (χ0n) is 13.8. The molecule has 0 fully saturated rings. The molecule has 1 heterocycles. The molecule has 1 aliphatic rings. The number of hydrogen-bond donors (Lipinski definition) is 1. The van der Waals surface area contributed by atoms with Crippen LogP contribution in [0.3, 0.4) is 0 Å². The summed E-state index contributed by atoms with van der Waals surface area (Å²) in [6, 6.07) is 14.6. The Kier molecular flexibility index (Phi) is 4.63. The molecule has 0 saturated heterocycles. The highest BCUT2D eigenvalue weighted by molar-refractivity contribution is 7.89. The van der Waals surface area contributed by atoms with Crippen molar-refractivity contribution >= 4 is 21.6 Å². The molecule has 0 aromatic heterocycles. The Hall–Kier alpha value is -2.60. The molecule has 3 rings (SSSR count). The van der Waals surface area contributed by atoms with E-state index in [4.69, 9.17) is 0 Å². The number of allylic oxidation sites excluding steroid dienone is 1. The van der Waals surface area contributed by atoms with Crippen molar-refractivity contribution in [3.05, 3.63) is 71.4 Å². The summed E-state index contributed by atoms with van der Waals surface area (Å²) in [6.45, 7) is 2.08. The lowest BCUT2D eigenvalue weighted by Crippen LogP contribution is -2.40. The zero-order chi connectivity index (χ0) is 18.0. The average molecular weight is 357 g/mol. The number of sulfonamides is 1. The Morgan fingerprint density at radius 3 is 2.36 bits per heavy atom. The lowest BCUT2D eigenvalue weighted by molar-refractivity contribution is 0.0998. The highest BCUT2D eigenvalue weighted by Crippen LogP contribution is 2.35. The van der Waals surface area contributed by atoms with Gasteiger partial charge in [-0.05, 0) is 18.6 Å². The predicted molar refractivity (Wildman–Crippen MR) is 95.6 cm³/mol. The molecule has 6 heteroatoms. The van der Waals surface area contributed by atoms with Crippen LogP contribution in [0.4, 0.5) is 0 Å². The van der Waals surface area contributed by atoms with Crippen LogP contribution in [0.15, 0.2) is 65.2 Å². The summed E-state index contributed by atoms with van der Waals surface area (Å²) < 4.78 is 27.1. The molecule has 0 bridgehead atoms. The molecule has 0 radical (unpaired) electrons. The van der Waals surface area contributed by atoms with Gasteiger partial charge in [0.2, 0.25) is 5.78 Å². The minimum Gasteiger partial charge on any atom is -0.505 e. The van der Waals surface area contributed by atoms with Gasteiger partial charge in [-0.15, -0.1) is 0 Å². The van der Waals surface area contributed by atoms with E-state index in [0.29, 0.717) is 12.0 Å². The van der Waals surface area contributed by atoms with Crippen molar-refractivity contribution in [2.24, 2.45) is 0 Å². The fourth-order valence-corrected chi connectivity index (χ4v) is 4.56. The maximum Gasteiger partial charge on any atom is 0.265 e.